The topological polar surface area (TPSA) is 25.8 Å². The van der Waals surface area contributed by atoms with Gasteiger partial charge in [-0.3, -0.25) is 0 Å². The average molecular weight is 727 g/mol. The van der Waals surface area contributed by atoms with Crippen LogP contribution in [0.15, 0.2) is 194 Å². The van der Waals surface area contributed by atoms with Crippen molar-refractivity contribution in [1.29, 1.82) is 0 Å². The van der Waals surface area contributed by atoms with Gasteiger partial charge in [0.1, 0.15) is 0 Å². The number of benzene rings is 9. The van der Waals surface area contributed by atoms with Crippen LogP contribution < -0.4 is 0 Å². The summed E-state index contributed by atoms with van der Waals surface area (Å²) in [5.41, 5.74) is 15.1. The molecule has 268 valence electrons. The first kappa shape index (κ1) is 33.2. The van der Waals surface area contributed by atoms with E-state index < -0.39 is 0 Å². The zero-order valence-electron chi connectivity index (χ0n) is 31.9. The van der Waals surface area contributed by atoms with E-state index in [9.17, 15) is 0 Å². The van der Waals surface area contributed by atoms with Gasteiger partial charge in [0.05, 0.1) is 11.4 Å². The number of hydrogen-bond acceptors (Lipinski definition) is 2. The van der Waals surface area contributed by atoms with E-state index in [2.05, 4.69) is 202 Å². The predicted molar refractivity (Wildman–Crippen MR) is 239 cm³/mol. The molecule has 0 radical (unpaired) electrons. The third kappa shape index (κ3) is 5.40. The first-order chi connectivity index (χ1) is 28.0. The van der Waals surface area contributed by atoms with E-state index in [-0.39, 0.29) is 5.41 Å². The first-order valence-electron chi connectivity index (χ1n) is 19.7. The minimum atomic E-state index is -0.132. The first-order valence-corrected chi connectivity index (χ1v) is 19.7. The Labute approximate surface area is 332 Å². The number of fused-ring (bicyclic) bond motifs is 7. The quantitative estimate of drug-likeness (QED) is 0.176. The molecule has 0 aliphatic heterocycles. The molecule has 1 aliphatic carbocycles. The van der Waals surface area contributed by atoms with Crippen LogP contribution in [0.2, 0.25) is 0 Å². The SMILES string of the molecule is CC1(C)c2cc(-c3ccc(-c4nc(-c5ccccc5)cc(-c5ccc(-c6cccc7ccccc67)cc5)n4)c4ccccc34)ccc2-c2ccc3ccccc3c21. The molecule has 9 aromatic carbocycles. The average Bonchev–Trinajstić information content (AvgIpc) is 3.51. The fourth-order valence-corrected chi connectivity index (χ4v) is 9.28. The maximum atomic E-state index is 5.31. The van der Waals surface area contributed by atoms with Crippen molar-refractivity contribution in [1.82, 2.24) is 9.97 Å². The van der Waals surface area contributed by atoms with Crippen LogP contribution in [0, 0.1) is 0 Å². The Bertz CT molecular complexity index is 3190. The molecule has 11 rings (SSSR count). The summed E-state index contributed by atoms with van der Waals surface area (Å²) < 4.78 is 0. The summed E-state index contributed by atoms with van der Waals surface area (Å²) in [5.74, 6) is 0.713. The highest BCUT2D eigenvalue weighted by atomic mass is 14.9. The monoisotopic (exact) mass is 726 g/mol. The lowest BCUT2D eigenvalue weighted by molar-refractivity contribution is 0.666. The molecule has 0 N–H and O–H groups in total. The van der Waals surface area contributed by atoms with E-state index in [0.29, 0.717) is 5.82 Å². The van der Waals surface area contributed by atoms with E-state index in [4.69, 9.17) is 9.97 Å². The maximum absolute atomic E-state index is 5.31. The Kier molecular flexibility index (Phi) is 7.55. The summed E-state index contributed by atoms with van der Waals surface area (Å²) in [5, 5.41) is 7.43. The molecule has 1 aromatic heterocycles. The van der Waals surface area contributed by atoms with E-state index in [1.807, 2.05) is 6.07 Å². The molecule has 1 heterocycles. The van der Waals surface area contributed by atoms with Crippen LogP contribution >= 0.6 is 0 Å². The van der Waals surface area contributed by atoms with E-state index >= 15 is 0 Å². The predicted octanol–water partition coefficient (Wildman–Crippen LogP) is 14.6. The summed E-state index contributed by atoms with van der Waals surface area (Å²) in [6.45, 7) is 4.75. The van der Waals surface area contributed by atoms with Crippen molar-refractivity contribution in [2.75, 3.05) is 0 Å². The minimum Gasteiger partial charge on any atom is -0.228 e. The van der Waals surface area contributed by atoms with Crippen molar-refractivity contribution in [3.8, 4) is 67.3 Å². The molecule has 2 nitrogen and oxygen atoms in total. The van der Waals surface area contributed by atoms with Gasteiger partial charge < -0.3 is 0 Å². The van der Waals surface area contributed by atoms with Crippen LogP contribution in [-0.4, -0.2) is 9.97 Å². The van der Waals surface area contributed by atoms with Gasteiger partial charge in [-0.25, -0.2) is 9.97 Å². The molecular weight excluding hydrogens is 689 g/mol. The summed E-state index contributed by atoms with van der Waals surface area (Å²) in [4.78, 5) is 10.6. The third-order valence-electron chi connectivity index (χ3n) is 12.1. The summed E-state index contributed by atoms with van der Waals surface area (Å²) in [6, 6.07) is 70.0. The van der Waals surface area contributed by atoms with Crippen molar-refractivity contribution >= 4 is 32.3 Å². The van der Waals surface area contributed by atoms with Gasteiger partial charge in [0.2, 0.25) is 0 Å². The number of rotatable bonds is 5. The Morgan fingerprint density at radius 2 is 0.842 bits per heavy atom. The lowest BCUT2D eigenvalue weighted by Crippen LogP contribution is -2.15. The Morgan fingerprint density at radius 1 is 0.333 bits per heavy atom. The van der Waals surface area contributed by atoms with Crippen molar-refractivity contribution in [2.24, 2.45) is 0 Å². The molecule has 0 saturated heterocycles. The maximum Gasteiger partial charge on any atom is 0.161 e. The fourth-order valence-electron chi connectivity index (χ4n) is 9.28. The van der Waals surface area contributed by atoms with Crippen molar-refractivity contribution in [3.63, 3.8) is 0 Å². The zero-order chi connectivity index (χ0) is 38.1. The van der Waals surface area contributed by atoms with E-state index in [0.717, 1.165) is 33.5 Å². The second kappa shape index (κ2) is 13.0. The van der Waals surface area contributed by atoms with Gasteiger partial charge in [-0.1, -0.05) is 190 Å². The highest BCUT2D eigenvalue weighted by Gasteiger charge is 2.37. The Balaban J connectivity index is 1.03. The van der Waals surface area contributed by atoms with Gasteiger partial charge in [-0.15, -0.1) is 0 Å². The molecule has 0 fully saturated rings. The highest BCUT2D eigenvalue weighted by molar-refractivity contribution is 6.05. The van der Waals surface area contributed by atoms with Crippen molar-refractivity contribution in [2.45, 2.75) is 19.3 Å². The number of aromatic nitrogens is 2. The van der Waals surface area contributed by atoms with Crippen LogP contribution in [0.3, 0.4) is 0 Å². The standard InChI is InChI=1S/C55H38N2/c1-55(2)50-33-40(28-29-47(50)48-30-27-36-14-7-9-19-44(36)53(48)55)43-31-32-49(46-21-11-10-20-45(43)46)54-56-51(38-15-4-3-5-16-38)34-52(57-54)39-25-23-37(24-26-39)42-22-12-17-35-13-6-8-18-41(35)42/h3-34H,1-2H3. The van der Waals surface area contributed by atoms with Crippen molar-refractivity contribution in [3.05, 3.63) is 205 Å². The van der Waals surface area contributed by atoms with Crippen LogP contribution in [0.4, 0.5) is 0 Å². The molecule has 57 heavy (non-hydrogen) atoms. The zero-order valence-corrected chi connectivity index (χ0v) is 31.9. The van der Waals surface area contributed by atoms with Gasteiger partial charge in [0.25, 0.3) is 0 Å². The van der Waals surface area contributed by atoms with E-state index in [1.165, 1.54) is 71.4 Å². The molecule has 2 heteroatoms. The molecular formula is C55H38N2. The molecule has 0 spiro atoms. The van der Waals surface area contributed by atoms with E-state index in [1.54, 1.807) is 0 Å². The van der Waals surface area contributed by atoms with Gasteiger partial charge in [0, 0.05) is 22.1 Å². The number of hydrogen-bond donors (Lipinski definition) is 0. The molecule has 0 atom stereocenters. The number of nitrogens with zero attached hydrogens (tertiary/aromatic N) is 2. The van der Waals surface area contributed by atoms with Gasteiger partial charge >= 0.3 is 0 Å². The normalized spacial score (nSPS) is 12.9. The molecule has 0 bridgehead atoms. The third-order valence-corrected chi connectivity index (χ3v) is 12.1. The second-order valence-corrected chi connectivity index (χ2v) is 15.7. The van der Waals surface area contributed by atoms with Crippen LogP contribution in [0.25, 0.3) is 99.6 Å². The van der Waals surface area contributed by atoms with Crippen LogP contribution in [-0.2, 0) is 5.41 Å². The van der Waals surface area contributed by atoms with Gasteiger partial charge in [-0.05, 0) is 95.0 Å². The lowest BCUT2D eigenvalue weighted by Gasteiger charge is -2.24. The smallest absolute Gasteiger partial charge is 0.161 e. The highest BCUT2D eigenvalue weighted by Crippen LogP contribution is 2.52. The van der Waals surface area contributed by atoms with Gasteiger partial charge in [-0.2, -0.15) is 0 Å². The van der Waals surface area contributed by atoms with Crippen molar-refractivity contribution < 1.29 is 0 Å². The Morgan fingerprint density at radius 3 is 1.60 bits per heavy atom. The molecule has 10 aromatic rings. The van der Waals surface area contributed by atoms with Crippen LogP contribution in [0.1, 0.15) is 25.0 Å². The second-order valence-electron chi connectivity index (χ2n) is 15.7. The lowest BCUT2D eigenvalue weighted by atomic mass is 9.79. The fraction of sp³-hybridized carbons (Fsp3) is 0.0545. The Hall–Kier alpha value is -7.16. The molecule has 0 saturated carbocycles. The summed E-state index contributed by atoms with van der Waals surface area (Å²) in [6.07, 6.45) is 0. The molecule has 1 aliphatic rings. The van der Waals surface area contributed by atoms with Gasteiger partial charge in [0.15, 0.2) is 5.82 Å². The summed E-state index contributed by atoms with van der Waals surface area (Å²) in [7, 11) is 0. The molecule has 0 unspecified atom stereocenters. The molecule has 0 amide bonds. The minimum absolute atomic E-state index is 0.132. The largest absolute Gasteiger partial charge is 0.228 e. The summed E-state index contributed by atoms with van der Waals surface area (Å²) >= 11 is 0. The van der Waals surface area contributed by atoms with Crippen LogP contribution in [0.5, 0.6) is 0 Å².